The quantitative estimate of drug-likeness (QED) is 0.761. The lowest BCUT2D eigenvalue weighted by atomic mass is 10.0. The minimum atomic E-state index is 0.864. The van der Waals surface area contributed by atoms with Crippen molar-refractivity contribution >= 4 is 5.82 Å². The fourth-order valence-corrected chi connectivity index (χ4v) is 3.51. The van der Waals surface area contributed by atoms with E-state index in [1.807, 2.05) is 18.2 Å². The zero-order valence-corrected chi connectivity index (χ0v) is 14.7. The maximum Gasteiger partial charge on any atom is 0.133 e. The second-order valence-corrected chi connectivity index (χ2v) is 6.51. The van der Waals surface area contributed by atoms with E-state index >= 15 is 0 Å². The van der Waals surface area contributed by atoms with E-state index in [9.17, 15) is 0 Å². The summed E-state index contributed by atoms with van der Waals surface area (Å²) >= 11 is 0. The first kappa shape index (κ1) is 15.8. The van der Waals surface area contributed by atoms with Gasteiger partial charge in [-0.2, -0.15) is 5.10 Å². The van der Waals surface area contributed by atoms with Crippen molar-refractivity contribution in [3.8, 4) is 22.7 Å². The van der Waals surface area contributed by atoms with Crippen molar-refractivity contribution in [3.63, 3.8) is 0 Å². The number of methoxy groups -OCH3 is 1. The van der Waals surface area contributed by atoms with Gasteiger partial charge in [-0.1, -0.05) is 24.3 Å². The number of anilines is 1. The molecule has 0 atom stereocenters. The van der Waals surface area contributed by atoms with Gasteiger partial charge in [0.05, 0.1) is 12.8 Å². The van der Waals surface area contributed by atoms with Crippen LogP contribution >= 0.6 is 0 Å². The topological polar surface area (TPSA) is 39.1 Å². The molecule has 2 aromatic carbocycles. The monoisotopic (exact) mass is 333 g/mol. The number of fused-ring (bicyclic) bond motifs is 1. The van der Waals surface area contributed by atoms with Gasteiger partial charge in [-0.3, -0.25) is 0 Å². The summed E-state index contributed by atoms with van der Waals surface area (Å²) in [6.45, 7) is 3.09. The van der Waals surface area contributed by atoms with Gasteiger partial charge in [-0.15, -0.1) is 0 Å². The third-order valence-electron chi connectivity index (χ3n) is 4.74. The molecule has 0 saturated carbocycles. The highest BCUT2D eigenvalue weighted by atomic mass is 16.5. The van der Waals surface area contributed by atoms with Gasteiger partial charge in [0.25, 0.3) is 0 Å². The molecule has 3 aromatic rings. The molecule has 1 N–H and O–H groups in total. The minimum Gasteiger partial charge on any atom is -0.496 e. The number of para-hydroxylation sites is 1. The molecule has 4 heteroatoms. The van der Waals surface area contributed by atoms with Gasteiger partial charge in [-0.25, -0.2) is 4.68 Å². The molecule has 4 nitrogen and oxygen atoms in total. The summed E-state index contributed by atoms with van der Waals surface area (Å²) in [5, 5.41) is 8.60. The summed E-state index contributed by atoms with van der Waals surface area (Å²) < 4.78 is 7.64. The van der Waals surface area contributed by atoms with E-state index < -0.39 is 0 Å². The van der Waals surface area contributed by atoms with E-state index in [0.29, 0.717) is 0 Å². The highest BCUT2D eigenvalue weighted by molar-refractivity contribution is 5.75. The Labute approximate surface area is 148 Å². The normalized spacial score (nSPS) is 13.7. The minimum absolute atomic E-state index is 0.864. The number of hydrogen-bond donors (Lipinski definition) is 1. The highest BCUT2D eigenvalue weighted by Crippen LogP contribution is 2.37. The van der Waals surface area contributed by atoms with Crippen molar-refractivity contribution in [3.05, 3.63) is 59.7 Å². The van der Waals surface area contributed by atoms with Crippen molar-refractivity contribution in [2.75, 3.05) is 19.0 Å². The molecule has 0 amide bonds. The first-order valence-electron chi connectivity index (χ1n) is 8.84. The number of rotatable bonds is 3. The number of benzene rings is 2. The molecule has 1 aliphatic heterocycles. The maximum atomic E-state index is 5.59. The lowest BCUT2D eigenvalue weighted by Gasteiger charge is -2.09. The number of aryl methyl sites for hydroxylation is 1. The Hall–Kier alpha value is -2.75. The van der Waals surface area contributed by atoms with E-state index in [-0.39, 0.29) is 0 Å². The van der Waals surface area contributed by atoms with Crippen LogP contribution in [0.15, 0.2) is 48.5 Å². The molecule has 1 aliphatic rings. The van der Waals surface area contributed by atoms with Gasteiger partial charge < -0.3 is 10.1 Å². The van der Waals surface area contributed by atoms with E-state index in [4.69, 9.17) is 9.84 Å². The zero-order valence-electron chi connectivity index (χ0n) is 14.7. The third-order valence-corrected chi connectivity index (χ3v) is 4.74. The number of nitrogens with one attached hydrogen (secondary N) is 1. The third kappa shape index (κ3) is 2.88. The fraction of sp³-hybridized carbons (Fsp3) is 0.286. The van der Waals surface area contributed by atoms with Crippen molar-refractivity contribution < 1.29 is 4.74 Å². The van der Waals surface area contributed by atoms with Gasteiger partial charge in [0.2, 0.25) is 0 Å². The largest absolute Gasteiger partial charge is 0.496 e. The van der Waals surface area contributed by atoms with Crippen LogP contribution in [0.25, 0.3) is 16.9 Å². The van der Waals surface area contributed by atoms with Crippen molar-refractivity contribution in [2.45, 2.75) is 26.2 Å². The molecule has 0 unspecified atom stereocenters. The Morgan fingerprint density at radius 1 is 1.08 bits per heavy atom. The Kier molecular flexibility index (Phi) is 4.18. The van der Waals surface area contributed by atoms with E-state index in [1.165, 1.54) is 24.0 Å². The summed E-state index contributed by atoms with van der Waals surface area (Å²) in [5.41, 5.74) is 5.67. The summed E-state index contributed by atoms with van der Waals surface area (Å²) in [4.78, 5) is 0. The predicted octanol–water partition coefficient (Wildman–Crippen LogP) is 4.60. The predicted molar refractivity (Wildman–Crippen MR) is 102 cm³/mol. The lowest BCUT2D eigenvalue weighted by Crippen LogP contribution is -2.07. The Balaban J connectivity index is 1.94. The Bertz CT molecular complexity index is 898. The molecule has 0 spiro atoms. The fourth-order valence-electron chi connectivity index (χ4n) is 3.51. The lowest BCUT2D eigenvalue weighted by molar-refractivity contribution is 0.416. The molecular weight excluding hydrogens is 310 g/mol. The molecule has 25 heavy (non-hydrogen) atoms. The summed E-state index contributed by atoms with van der Waals surface area (Å²) in [6, 6.07) is 16.6. The maximum absolute atomic E-state index is 5.59. The van der Waals surface area contributed by atoms with Gasteiger partial charge in [-0.05, 0) is 56.0 Å². The van der Waals surface area contributed by atoms with Crippen LogP contribution in [0.5, 0.6) is 5.75 Å². The Morgan fingerprint density at radius 3 is 2.80 bits per heavy atom. The molecule has 0 bridgehead atoms. The van der Waals surface area contributed by atoms with Crippen molar-refractivity contribution in [1.82, 2.24) is 9.78 Å². The summed E-state index contributed by atoms with van der Waals surface area (Å²) in [7, 11) is 1.72. The number of hydrogen-bond acceptors (Lipinski definition) is 3. The first-order valence-corrected chi connectivity index (χ1v) is 8.84. The van der Waals surface area contributed by atoms with Gasteiger partial charge in [0.1, 0.15) is 17.3 Å². The van der Waals surface area contributed by atoms with Gasteiger partial charge in [0.15, 0.2) is 0 Å². The van der Waals surface area contributed by atoms with Gasteiger partial charge in [0, 0.05) is 17.7 Å². The molecule has 128 valence electrons. The zero-order chi connectivity index (χ0) is 17.2. The highest BCUT2D eigenvalue weighted by Gasteiger charge is 2.23. The average Bonchev–Trinajstić information content (AvgIpc) is 2.82. The smallest absolute Gasteiger partial charge is 0.133 e. The van der Waals surface area contributed by atoms with Crippen LogP contribution < -0.4 is 10.1 Å². The van der Waals surface area contributed by atoms with Crippen molar-refractivity contribution in [1.29, 1.82) is 0 Å². The van der Waals surface area contributed by atoms with Gasteiger partial charge >= 0.3 is 0 Å². The molecule has 1 aromatic heterocycles. The van der Waals surface area contributed by atoms with Crippen LogP contribution in [0, 0.1) is 6.92 Å². The molecule has 0 fully saturated rings. The van der Waals surface area contributed by atoms with Crippen LogP contribution in [0.1, 0.15) is 24.0 Å². The van der Waals surface area contributed by atoms with E-state index in [2.05, 4.69) is 47.3 Å². The van der Waals surface area contributed by atoms with E-state index in [0.717, 1.165) is 41.5 Å². The average molecular weight is 333 g/mol. The summed E-state index contributed by atoms with van der Waals surface area (Å²) in [6.07, 6.45) is 3.37. The van der Waals surface area contributed by atoms with Crippen LogP contribution in [-0.2, 0) is 6.42 Å². The molecule has 0 saturated heterocycles. The molecule has 0 aliphatic carbocycles. The second kappa shape index (κ2) is 6.63. The van der Waals surface area contributed by atoms with E-state index in [1.54, 1.807) is 7.11 Å². The molecule has 4 rings (SSSR count). The number of ether oxygens (including phenoxy) is 1. The van der Waals surface area contributed by atoms with Crippen LogP contribution in [0.2, 0.25) is 0 Å². The van der Waals surface area contributed by atoms with Crippen LogP contribution in [0.4, 0.5) is 5.82 Å². The summed E-state index contributed by atoms with van der Waals surface area (Å²) in [5.74, 6) is 1.98. The molecule has 2 heterocycles. The van der Waals surface area contributed by atoms with Crippen LogP contribution in [0.3, 0.4) is 0 Å². The SMILES string of the molecule is COc1ccccc1-c1nn(-c2cccc(C)c2)c2c1CCCCN2. The number of nitrogens with zero attached hydrogens (tertiary/aromatic N) is 2. The second-order valence-electron chi connectivity index (χ2n) is 6.51. The Morgan fingerprint density at radius 2 is 1.96 bits per heavy atom. The van der Waals surface area contributed by atoms with Crippen molar-refractivity contribution in [2.24, 2.45) is 0 Å². The van der Waals surface area contributed by atoms with Crippen LogP contribution in [-0.4, -0.2) is 23.4 Å². The standard InChI is InChI=1S/C21H23N3O/c1-15-8-7-9-16(14-15)24-21-18(11-5-6-13-22-21)20(23-24)17-10-3-4-12-19(17)25-2/h3-4,7-10,12,14,22H,5-6,11,13H2,1-2H3. The molecular formula is C21H23N3O. The first-order chi connectivity index (χ1) is 12.3. The molecule has 0 radical (unpaired) electrons. The number of aromatic nitrogens is 2.